The highest BCUT2D eigenvalue weighted by Crippen LogP contribution is 2.17. The van der Waals surface area contributed by atoms with Crippen molar-refractivity contribution in [2.45, 2.75) is 18.6 Å². The highest BCUT2D eigenvalue weighted by molar-refractivity contribution is 5.08. The van der Waals surface area contributed by atoms with Gasteiger partial charge < -0.3 is 10.2 Å². The van der Waals surface area contributed by atoms with Crippen LogP contribution in [-0.4, -0.2) is 33.1 Å². The van der Waals surface area contributed by atoms with Gasteiger partial charge in [-0.15, -0.1) is 0 Å². The van der Waals surface area contributed by atoms with Crippen LogP contribution in [0.4, 0.5) is 0 Å². The number of aromatic amines is 1. The molecule has 0 saturated heterocycles. The fourth-order valence-corrected chi connectivity index (χ4v) is 1.04. The van der Waals surface area contributed by atoms with Crippen LogP contribution in [0, 0.1) is 0 Å². The van der Waals surface area contributed by atoms with Crippen LogP contribution >= 0.6 is 0 Å². The lowest BCUT2D eigenvalue weighted by Gasteiger charge is -2.14. The summed E-state index contributed by atoms with van der Waals surface area (Å²) in [6.45, 7) is 0.159. The highest BCUT2D eigenvalue weighted by atomic mass is 16.3. The van der Waals surface area contributed by atoms with Crippen LogP contribution in [0.5, 0.6) is 0 Å². The van der Waals surface area contributed by atoms with E-state index in [0.717, 1.165) is 0 Å². The molecule has 1 aromatic heterocycles. The third-order valence-corrected chi connectivity index (χ3v) is 1.81. The van der Waals surface area contributed by atoms with Gasteiger partial charge in [0.15, 0.2) is 0 Å². The number of hydrogen-bond acceptors (Lipinski definition) is 4. The number of rotatable bonds is 5. The lowest BCUT2D eigenvalue weighted by molar-refractivity contribution is 0.0150. The summed E-state index contributed by atoms with van der Waals surface area (Å²) < 4.78 is 0. The van der Waals surface area contributed by atoms with Crippen LogP contribution in [-0.2, 0) is 0 Å². The molecule has 2 unspecified atom stereocenters. The second-order valence-corrected chi connectivity index (χ2v) is 2.79. The molecule has 0 fully saturated rings. The van der Waals surface area contributed by atoms with Crippen molar-refractivity contribution in [3.05, 3.63) is 28.4 Å². The molecule has 7 heteroatoms. The Hall–Kier alpha value is -1.56. The largest absolute Gasteiger partial charge is 0.390 e. The number of azide groups is 1. The van der Waals surface area contributed by atoms with Crippen molar-refractivity contribution in [1.29, 1.82) is 0 Å². The normalized spacial score (nSPS) is 14.4. The monoisotopic (exact) mass is 197 g/mol. The maximum Gasteiger partial charge on any atom is 0.108 e. The first-order chi connectivity index (χ1) is 6.75. The van der Waals surface area contributed by atoms with Gasteiger partial charge in [-0.25, -0.2) is 0 Å². The summed E-state index contributed by atoms with van der Waals surface area (Å²) in [4.78, 5) is 2.54. The lowest BCUT2D eigenvalue weighted by atomic mass is 10.1. The molecule has 3 N–H and O–H groups in total. The molecular formula is C7H11N5O2. The number of H-pyrrole nitrogens is 1. The van der Waals surface area contributed by atoms with E-state index in [-0.39, 0.29) is 13.0 Å². The zero-order valence-electron chi connectivity index (χ0n) is 7.41. The Morgan fingerprint density at radius 1 is 1.64 bits per heavy atom. The Labute approximate surface area is 80.0 Å². The van der Waals surface area contributed by atoms with Gasteiger partial charge in [0.25, 0.3) is 0 Å². The number of aliphatic hydroxyl groups is 2. The zero-order valence-corrected chi connectivity index (χ0v) is 7.41. The zero-order chi connectivity index (χ0) is 10.4. The lowest BCUT2D eigenvalue weighted by Crippen LogP contribution is -2.18. The molecule has 0 spiro atoms. The minimum atomic E-state index is -0.998. The molecule has 1 aromatic rings. The summed E-state index contributed by atoms with van der Waals surface area (Å²) in [7, 11) is 0. The molecule has 76 valence electrons. The molecular weight excluding hydrogens is 186 g/mol. The van der Waals surface area contributed by atoms with E-state index in [9.17, 15) is 10.2 Å². The fraction of sp³-hybridized carbons (Fsp3) is 0.571. The molecule has 1 heterocycles. The number of hydrogen-bond donors (Lipinski definition) is 3. The molecule has 0 aromatic carbocycles. The predicted molar refractivity (Wildman–Crippen MR) is 48.2 cm³/mol. The molecule has 14 heavy (non-hydrogen) atoms. The summed E-state index contributed by atoms with van der Waals surface area (Å²) in [6, 6.07) is 0. The van der Waals surface area contributed by atoms with E-state index in [1.54, 1.807) is 0 Å². The van der Waals surface area contributed by atoms with Gasteiger partial charge in [0.05, 0.1) is 12.3 Å². The summed E-state index contributed by atoms with van der Waals surface area (Å²) in [5.74, 6) is 0. The number of aliphatic hydroxyl groups excluding tert-OH is 2. The van der Waals surface area contributed by atoms with E-state index in [0.29, 0.717) is 5.56 Å². The summed E-state index contributed by atoms with van der Waals surface area (Å²) in [5, 5.41) is 28.4. The molecule has 0 aliphatic rings. The van der Waals surface area contributed by atoms with Crippen LogP contribution < -0.4 is 0 Å². The molecule has 0 amide bonds. The number of nitrogens with zero attached hydrogens (tertiary/aromatic N) is 4. The predicted octanol–water partition coefficient (Wildman–Crippen LogP) is 0.504. The van der Waals surface area contributed by atoms with Gasteiger partial charge in [0, 0.05) is 23.2 Å². The van der Waals surface area contributed by atoms with Crippen LogP contribution in [0.25, 0.3) is 10.4 Å². The van der Waals surface area contributed by atoms with Crippen molar-refractivity contribution in [1.82, 2.24) is 10.2 Å². The fourth-order valence-electron chi connectivity index (χ4n) is 1.04. The molecule has 0 bridgehead atoms. The van der Waals surface area contributed by atoms with E-state index in [2.05, 4.69) is 20.2 Å². The van der Waals surface area contributed by atoms with Gasteiger partial charge >= 0.3 is 0 Å². The first kappa shape index (κ1) is 10.5. The Kier molecular flexibility index (Phi) is 3.93. The Morgan fingerprint density at radius 3 is 3.00 bits per heavy atom. The molecule has 1 rings (SSSR count). The third kappa shape index (κ3) is 2.74. The number of nitrogens with one attached hydrogen (secondary N) is 1. The van der Waals surface area contributed by atoms with Gasteiger partial charge in [-0.1, -0.05) is 5.11 Å². The van der Waals surface area contributed by atoms with E-state index in [1.165, 1.54) is 12.4 Å². The Morgan fingerprint density at radius 2 is 2.43 bits per heavy atom. The molecule has 2 atom stereocenters. The van der Waals surface area contributed by atoms with E-state index < -0.39 is 12.2 Å². The van der Waals surface area contributed by atoms with Crippen molar-refractivity contribution in [2.24, 2.45) is 5.11 Å². The Balaban J connectivity index is 2.44. The van der Waals surface area contributed by atoms with Crippen LogP contribution in [0.15, 0.2) is 17.5 Å². The topological polar surface area (TPSA) is 118 Å². The maximum absolute atomic E-state index is 9.53. The quantitative estimate of drug-likeness (QED) is 0.362. The molecule has 0 aliphatic heterocycles. The number of aromatic nitrogens is 2. The first-order valence-electron chi connectivity index (χ1n) is 4.11. The molecule has 0 radical (unpaired) electrons. The Bertz CT molecular complexity index is 306. The second kappa shape index (κ2) is 5.23. The summed E-state index contributed by atoms with van der Waals surface area (Å²) in [5.41, 5.74) is 8.51. The summed E-state index contributed by atoms with van der Waals surface area (Å²) >= 11 is 0. The van der Waals surface area contributed by atoms with Gasteiger partial charge in [0.2, 0.25) is 0 Å². The van der Waals surface area contributed by atoms with Crippen LogP contribution in [0.3, 0.4) is 0 Å². The minimum absolute atomic E-state index is 0.159. The standard InChI is InChI=1S/C7H11N5O2/c8-12-9-2-1-6(13)7(14)5-3-10-11-4-5/h3-4,6-7,13-14H,1-2H2,(H,10,11). The van der Waals surface area contributed by atoms with E-state index in [1.807, 2.05) is 0 Å². The van der Waals surface area contributed by atoms with Crippen LogP contribution in [0.2, 0.25) is 0 Å². The first-order valence-corrected chi connectivity index (χ1v) is 4.11. The molecule has 0 saturated carbocycles. The van der Waals surface area contributed by atoms with Crippen molar-refractivity contribution in [3.8, 4) is 0 Å². The van der Waals surface area contributed by atoms with E-state index >= 15 is 0 Å². The van der Waals surface area contributed by atoms with Crippen molar-refractivity contribution in [2.75, 3.05) is 6.54 Å². The van der Waals surface area contributed by atoms with Crippen molar-refractivity contribution >= 4 is 0 Å². The van der Waals surface area contributed by atoms with Gasteiger partial charge in [-0.3, -0.25) is 5.10 Å². The molecule has 0 aliphatic carbocycles. The van der Waals surface area contributed by atoms with Gasteiger partial charge in [0.1, 0.15) is 6.10 Å². The van der Waals surface area contributed by atoms with Gasteiger partial charge in [-0.2, -0.15) is 5.10 Å². The average Bonchev–Trinajstić information content (AvgIpc) is 2.69. The highest BCUT2D eigenvalue weighted by Gasteiger charge is 2.18. The van der Waals surface area contributed by atoms with Crippen LogP contribution in [0.1, 0.15) is 18.1 Å². The second-order valence-electron chi connectivity index (χ2n) is 2.79. The third-order valence-electron chi connectivity index (χ3n) is 1.81. The smallest absolute Gasteiger partial charge is 0.108 e. The molecule has 7 nitrogen and oxygen atoms in total. The van der Waals surface area contributed by atoms with Gasteiger partial charge in [-0.05, 0) is 12.0 Å². The van der Waals surface area contributed by atoms with Crippen molar-refractivity contribution in [3.63, 3.8) is 0 Å². The van der Waals surface area contributed by atoms with E-state index in [4.69, 9.17) is 5.53 Å². The average molecular weight is 197 g/mol. The maximum atomic E-state index is 9.53. The minimum Gasteiger partial charge on any atom is -0.390 e. The summed E-state index contributed by atoms with van der Waals surface area (Å²) in [6.07, 6.45) is 1.21. The SMILES string of the molecule is [N-]=[N+]=NCCC(O)C(O)c1cn[nH]c1. The van der Waals surface area contributed by atoms with Crippen molar-refractivity contribution < 1.29 is 10.2 Å².